The molecule has 2 rings (SSSR count). The zero-order valence-corrected chi connectivity index (χ0v) is 11.1. The van der Waals surface area contributed by atoms with E-state index in [1.807, 2.05) is 37.3 Å². The second-order valence-electron chi connectivity index (χ2n) is 4.58. The molecule has 0 fully saturated rings. The van der Waals surface area contributed by atoms with Gasteiger partial charge in [0.1, 0.15) is 12.4 Å². The zero-order chi connectivity index (χ0) is 14.4. The van der Waals surface area contributed by atoms with Crippen LogP contribution >= 0.6 is 0 Å². The number of carboxylic acids is 1. The molecule has 1 aromatic carbocycles. The lowest BCUT2D eigenvalue weighted by Gasteiger charge is -2.10. The summed E-state index contributed by atoms with van der Waals surface area (Å²) in [6, 6.07) is 9.37. The highest BCUT2D eigenvalue weighted by molar-refractivity contribution is 5.66. The predicted molar refractivity (Wildman–Crippen MR) is 70.0 cm³/mol. The molecule has 0 amide bonds. The van der Waals surface area contributed by atoms with Gasteiger partial charge in [-0.3, -0.25) is 4.79 Å². The number of tetrazole rings is 1. The maximum Gasteiger partial charge on any atom is 0.303 e. The Bertz CT molecular complexity index is 556. The van der Waals surface area contributed by atoms with E-state index in [4.69, 9.17) is 9.84 Å². The van der Waals surface area contributed by atoms with Gasteiger partial charge in [0, 0.05) is 13.0 Å². The largest absolute Gasteiger partial charge is 0.486 e. The SMILES string of the molecule is CC(CC(=O)O)Cn1nnnc1COc1ccccc1. The maximum absolute atomic E-state index is 10.6. The number of ether oxygens (including phenoxy) is 1. The average Bonchev–Trinajstić information content (AvgIpc) is 2.84. The summed E-state index contributed by atoms with van der Waals surface area (Å²) in [6.45, 7) is 2.54. The van der Waals surface area contributed by atoms with E-state index in [-0.39, 0.29) is 18.9 Å². The van der Waals surface area contributed by atoms with Crippen molar-refractivity contribution in [2.75, 3.05) is 0 Å². The first-order valence-electron chi connectivity index (χ1n) is 6.30. The van der Waals surface area contributed by atoms with Crippen molar-refractivity contribution in [1.29, 1.82) is 0 Å². The molecule has 7 nitrogen and oxygen atoms in total. The van der Waals surface area contributed by atoms with Crippen molar-refractivity contribution in [3.63, 3.8) is 0 Å². The lowest BCUT2D eigenvalue weighted by Crippen LogP contribution is -2.16. The van der Waals surface area contributed by atoms with Crippen LogP contribution in [-0.2, 0) is 17.9 Å². The van der Waals surface area contributed by atoms with Gasteiger partial charge in [-0.25, -0.2) is 4.68 Å². The number of benzene rings is 1. The molecule has 20 heavy (non-hydrogen) atoms. The van der Waals surface area contributed by atoms with Gasteiger partial charge >= 0.3 is 5.97 Å². The van der Waals surface area contributed by atoms with Gasteiger partial charge in [0.15, 0.2) is 5.82 Å². The minimum Gasteiger partial charge on any atom is -0.486 e. The standard InChI is InChI=1S/C13H16N4O3/c1-10(7-13(18)19)8-17-12(14-15-16-17)9-20-11-5-3-2-4-6-11/h2-6,10H,7-9H2,1H3,(H,18,19). The van der Waals surface area contributed by atoms with Crippen LogP contribution < -0.4 is 4.74 Å². The molecular formula is C13H16N4O3. The lowest BCUT2D eigenvalue weighted by atomic mass is 10.1. The molecule has 0 bridgehead atoms. The van der Waals surface area contributed by atoms with Crippen molar-refractivity contribution >= 4 is 5.97 Å². The van der Waals surface area contributed by atoms with Crippen molar-refractivity contribution in [2.24, 2.45) is 5.92 Å². The summed E-state index contributed by atoms with van der Waals surface area (Å²) in [6.07, 6.45) is 0.0822. The number of para-hydroxylation sites is 1. The van der Waals surface area contributed by atoms with E-state index in [1.165, 1.54) is 0 Å². The van der Waals surface area contributed by atoms with Crippen molar-refractivity contribution in [2.45, 2.75) is 26.5 Å². The number of carbonyl (C=O) groups is 1. The Kier molecular flexibility index (Phi) is 4.65. The molecule has 1 atom stereocenters. The molecule has 106 valence electrons. The predicted octanol–water partition coefficient (Wildman–Crippen LogP) is 1.36. The normalized spacial score (nSPS) is 12.1. The lowest BCUT2D eigenvalue weighted by molar-refractivity contribution is -0.138. The van der Waals surface area contributed by atoms with Crippen molar-refractivity contribution in [3.8, 4) is 5.75 Å². The van der Waals surface area contributed by atoms with Crippen LogP contribution in [0.25, 0.3) is 0 Å². The summed E-state index contributed by atoms with van der Waals surface area (Å²) < 4.78 is 7.15. The van der Waals surface area contributed by atoms with E-state index in [2.05, 4.69) is 15.5 Å². The van der Waals surface area contributed by atoms with Crippen LogP contribution in [-0.4, -0.2) is 31.3 Å². The monoisotopic (exact) mass is 276 g/mol. The number of aromatic nitrogens is 4. The Balaban J connectivity index is 1.93. The van der Waals surface area contributed by atoms with E-state index < -0.39 is 5.97 Å². The van der Waals surface area contributed by atoms with Crippen LogP contribution in [0, 0.1) is 5.92 Å². The molecule has 0 spiro atoms. The number of nitrogens with zero attached hydrogens (tertiary/aromatic N) is 4. The van der Waals surface area contributed by atoms with Gasteiger partial charge in [-0.05, 0) is 28.5 Å². The molecule has 1 heterocycles. The topological polar surface area (TPSA) is 90.1 Å². The fraction of sp³-hybridized carbons (Fsp3) is 0.385. The van der Waals surface area contributed by atoms with Crippen LogP contribution in [0.5, 0.6) is 5.75 Å². The molecule has 0 aliphatic rings. The van der Waals surface area contributed by atoms with E-state index in [0.717, 1.165) is 5.75 Å². The number of carboxylic acid groups (broad SMARTS) is 1. The molecular weight excluding hydrogens is 260 g/mol. The van der Waals surface area contributed by atoms with E-state index in [0.29, 0.717) is 12.4 Å². The van der Waals surface area contributed by atoms with E-state index >= 15 is 0 Å². The molecule has 0 aliphatic carbocycles. The first-order valence-corrected chi connectivity index (χ1v) is 6.30. The van der Waals surface area contributed by atoms with Crippen LogP contribution in [0.2, 0.25) is 0 Å². The number of hydrogen-bond acceptors (Lipinski definition) is 5. The Morgan fingerprint density at radius 2 is 2.15 bits per heavy atom. The van der Waals surface area contributed by atoms with Crippen molar-refractivity contribution in [3.05, 3.63) is 36.2 Å². The third kappa shape index (κ3) is 4.04. The second kappa shape index (κ2) is 6.65. The molecule has 0 saturated heterocycles. The molecule has 2 aromatic rings. The Morgan fingerprint density at radius 1 is 1.40 bits per heavy atom. The number of rotatable bonds is 7. The average molecular weight is 276 g/mol. The first-order chi connectivity index (χ1) is 9.65. The Morgan fingerprint density at radius 3 is 2.85 bits per heavy atom. The smallest absolute Gasteiger partial charge is 0.303 e. The van der Waals surface area contributed by atoms with Crippen molar-refractivity contribution < 1.29 is 14.6 Å². The van der Waals surface area contributed by atoms with Gasteiger partial charge in [0.05, 0.1) is 0 Å². The summed E-state index contributed by atoms with van der Waals surface area (Å²) in [4.78, 5) is 10.6. The van der Waals surface area contributed by atoms with Crippen LogP contribution in [0.15, 0.2) is 30.3 Å². The third-order valence-corrected chi connectivity index (χ3v) is 2.72. The van der Waals surface area contributed by atoms with Gasteiger partial charge in [0.2, 0.25) is 0 Å². The highest BCUT2D eigenvalue weighted by Crippen LogP contribution is 2.11. The molecule has 0 saturated carbocycles. The van der Waals surface area contributed by atoms with Gasteiger partial charge in [-0.2, -0.15) is 0 Å². The number of hydrogen-bond donors (Lipinski definition) is 1. The van der Waals surface area contributed by atoms with Crippen LogP contribution in [0.3, 0.4) is 0 Å². The fourth-order valence-electron chi connectivity index (χ4n) is 1.79. The minimum atomic E-state index is -0.826. The zero-order valence-electron chi connectivity index (χ0n) is 11.1. The summed E-state index contributed by atoms with van der Waals surface area (Å²) >= 11 is 0. The number of aliphatic carboxylic acids is 1. The molecule has 0 radical (unpaired) electrons. The first kappa shape index (κ1) is 14.0. The highest BCUT2D eigenvalue weighted by atomic mass is 16.5. The Hall–Kier alpha value is -2.44. The van der Waals surface area contributed by atoms with Gasteiger partial charge in [-0.15, -0.1) is 5.10 Å². The van der Waals surface area contributed by atoms with E-state index in [1.54, 1.807) is 4.68 Å². The molecule has 0 aliphatic heterocycles. The molecule has 1 unspecified atom stereocenters. The quantitative estimate of drug-likeness (QED) is 0.821. The van der Waals surface area contributed by atoms with Crippen LogP contribution in [0.1, 0.15) is 19.2 Å². The summed E-state index contributed by atoms with van der Waals surface area (Å²) in [7, 11) is 0. The molecule has 7 heteroatoms. The van der Waals surface area contributed by atoms with Crippen LogP contribution in [0.4, 0.5) is 0 Å². The van der Waals surface area contributed by atoms with Gasteiger partial charge in [-0.1, -0.05) is 25.1 Å². The summed E-state index contributed by atoms with van der Waals surface area (Å²) in [5.41, 5.74) is 0. The van der Waals surface area contributed by atoms with E-state index in [9.17, 15) is 4.79 Å². The highest BCUT2D eigenvalue weighted by Gasteiger charge is 2.13. The van der Waals surface area contributed by atoms with Gasteiger partial charge in [0.25, 0.3) is 0 Å². The fourth-order valence-corrected chi connectivity index (χ4v) is 1.79. The molecule has 1 aromatic heterocycles. The Labute approximate surface area is 116 Å². The molecule has 1 N–H and O–H groups in total. The minimum absolute atomic E-state index is 0.0496. The maximum atomic E-state index is 10.6. The van der Waals surface area contributed by atoms with Gasteiger partial charge < -0.3 is 9.84 Å². The third-order valence-electron chi connectivity index (χ3n) is 2.72. The summed E-state index contributed by atoms with van der Waals surface area (Å²) in [5.74, 6) is 0.436. The second-order valence-corrected chi connectivity index (χ2v) is 4.58. The van der Waals surface area contributed by atoms with Crippen molar-refractivity contribution in [1.82, 2.24) is 20.2 Å². The summed E-state index contributed by atoms with van der Waals surface area (Å²) in [5, 5.41) is 20.1.